The number of para-hydroxylation sites is 1. The number of ether oxygens (including phenoxy) is 2. The number of benzene rings is 2. The maximum atomic E-state index is 13.8. The number of non-ortho nitro benzene ring substituents is 1. The van der Waals surface area contributed by atoms with Crippen LogP contribution in [0.15, 0.2) is 88.2 Å². The third-order valence-electron chi connectivity index (χ3n) is 8.14. The number of carbonyl (C=O) groups excluding carboxylic acids is 2. The van der Waals surface area contributed by atoms with E-state index in [1.165, 1.54) is 31.4 Å². The van der Waals surface area contributed by atoms with Gasteiger partial charge in [-0.3, -0.25) is 20.0 Å². The quantitative estimate of drug-likeness (QED) is 0.187. The minimum Gasteiger partial charge on any atom is -0.466 e. The average Bonchev–Trinajstić information content (AvgIpc) is 3.03. The van der Waals surface area contributed by atoms with Gasteiger partial charge in [0.1, 0.15) is 11.0 Å². The van der Waals surface area contributed by atoms with Gasteiger partial charge in [-0.15, -0.1) is 0 Å². The number of fused-ring (bicyclic) bond motifs is 1. The van der Waals surface area contributed by atoms with Gasteiger partial charge in [0.25, 0.3) is 5.69 Å². The van der Waals surface area contributed by atoms with Crippen LogP contribution >= 0.6 is 0 Å². The molecule has 3 heterocycles. The van der Waals surface area contributed by atoms with Gasteiger partial charge in [-0.1, -0.05) is 30.3 Å². The number of aromatic nitrogens is 1. The van der Waals surface area contributed by atoms with Gasteiger partial charge in [0.05, 0.1) is 34.6 Å². The molecule has 0 bridgehead atoms. The summed E-state index contributed by atoms with van der Waals surface area (Å²) >= 11 is 0. The molecule has 242 valence electrons. The normalized spacial score (nSPS) is 19.1. The highest BCUT2D eigenvalue weighted by Gasteiger charge is 2.39. The molecule has 1 saturated heterocycles. The number of hydrogen-bond donors (Lipinski definition) is 2. The van der Waals surface area contributed by atoms with E-state index < -0.39 is 38.9 Å². The van der Waals surface area contributed by atoms with Crippen molar-refractivity contribution in [2.24, 2.45) is 0 Å². The van der Waals surface area contributed by atoms with Gasteiger partial charge in [-0.05, 0) is 50.9 Å². The van der Waals surface area contributed by atoms with Crippen LogP contribution in [0.2, 0.25) is 0 Å². The van der Waals surface area contributed by atoms with Crippen molar-refractivity contribution in [3.05, 3.63) is 99.0 Å². The molecule has 2 N–H and O–H groups in total. The lowest BCUT2D eigenvalue weighted by atomic mass is 9.80. The minimum atomic E-state index is -3.82. The summed E-state index contributed by atoms with van der Waals surface area (Å²) in [7, 11) is -2.59. The first-order chi connectivity index (χ1) is 22.0. The molecule has 0 aliphatic carbocycles. The van der Waals surface area contributed by atoms with Crippen LogP contribution in [-0.2, 0) is 29.1 Å². The van der Waals surface area contributed by atoms with Crippen LogP contribution in [0.3, 0.4) is 0 Å². The maximum absolute atomic E-state index is 13.8. The first kappa shape index (κ1) is 32.7. The summed E-state index contributed by atoms with van der Waals surface area (Å²) < 4.78 is 39.9. The van der Waals surface area contributed by atoms with Crippen molar-refractivity contribution in [2.45, 2.75) is 43.6 Å². The number of dihydropyridines is 1. The number of esters is 2. The van der Waals surface area contributed by atoms with Crippen molar-refractivity contribution in [3.63, 3.8) is 0 Å². The topological polar surface area (TPSA) is 170 Å². The van der Waals surface area contributed by atoms with E-state index >= 15 is 0 Å². The van der Waals surface area contributed by atoms with Gasteiger partial charge in [0.15, 0.2) is 0 Å². The standard InChI is InChI=1S/C32H35N5O8S/c1-20-27(31(38)44-3)29(23-9-4-11-24(18-23)37(40)41)28(21(2)35-20)32(39)45-25-12-7-16-36(19-25)17-15-34-46(42,43)26-13-5-8-22-10-6-14-33-30(22)26/h4-6,8-11,13-14,18,25,29,34-35H,7,12,15-17,19H2,1-3H3/t25?,29-/m0/s1. The maximum Gasteiger partial charge on any atom is 0.337 e. The molecule has 0 saturated carbocycles. The third kappa shape index (κ3) is 6.93. The molecule has 1 fully saturated rings. The van der Waals surface area contributed by atoms with E-state index in [1.54, 1.807) is 50.4 Å². The van der Waals surface area contributed by atoms with Crippen molar-refractivity contribution in [1.82, 2.24) is 19.9 Å². The molecule has 2 aromatic carbocycles. The lowest BCUT2D eigenvalue weighted by molar-refractivity contribution is -0.384. The Morgan fingerprint density at radius 2 is 1.80 bits per heavy atom. The fourth-order valence-electron chi connectivity index (χ4n) is 6.03. The van der Waals surface area contributed by atoms with Gasteiger partial charge in [-0.2, -0.15) is 0 Å². The molecular formula is C32H35N5O8S. The molecule has 2 aliphatic rings. The molecule has 0 amide bonds. The molecule has 13 nitrogen and oxygen atoms in total. The summed E-state index contributed by atoms with van der Waals surface area (Å²) in [6.07, 6.45) is 2.36. The average molecular weight is 650 g/mol. The highest BCUT2D eigenvalue weighted by Crippen LogP contribution is 2.40. The van der Waals surface area contributed by atoms with Gasteiger partial charge in [0, 0.05) is 54.7 Å². The summed E-state index contributed by atoms with van der Waals surface area (Å²) in [5.41, 5.74) is 1.81. The lowest BCUT2D eigenvalue weighted by Crippen LogP contribution is -2.44. The number of nitro groups is 1. The van der Waals surface area contributed by atoms with Crippen LogP contribution in [-0.4, -0.2) is 74.6 Å². The fourth-order valence-corrected chi connectivity index (χ4v) is 7.23. The molecule has 14 heteroatoms. The Morgan fingerprint density at radius 1 is 1.09 bits per heavy atom. The third-order valence-corrected chi connectivity index (χ3v) is 9.63. The van der Waals surface area contributed by atoms with E-state index in [-0.39, 0.29) is 28.3 Å². The Labute approximate surface area is 266 Å². The molecule has 3 aromatic rings. The second-order valence-corrected chi connectivity index (χ2v) is 12.9. The van der Waals surface area contributed by atoms with Crippen molar-refractivity contribution >= 4 is 38.6 Å². The number of methoxy groups -OCH3 is 1. The van der Waals surface area contributed by atoms with Gasteiger partial charge >= 0.3 is 11.9 Å². The number of nitro benzene ring substituents is 1. The lowest BCUT2D eigenvalue weighted by Gasteiger charge is -2.34. The van der Waals surface area contributed by atoms with Gasteiger partial charge < -0.3 is 14.8 Å². The van der Waals surface area contributed by atoms with Crippen LogP contribution in [0.5, 0.6) is 0 Å². The van der Waals surface area contributed by atoms with Crippen LogP contribution in [0.4, 0.5) is 5.69 Å². The van der Waals surface area contributed by atoms with E-state index in [2.05, 4.69) is 15.0 Å². The zero-order valence-corrected chi connectivity index (χ0v) is 26.5. The SMILES string of the molecule is COC(=O)C1=C(C)NC(C)=C(C(=O)OC2CCCN(CCNS(=O)(=O)c3cccc4cccnc34)C2)[C@H]1c1cccc([N+](=O)[O-])c1. The predicted molar refractivity (Wildman–Crippen MR) is 169 cm³/mol. The number of likely N-dealkylation sites (tertiary alicyclic amines) is 1. The molecule has 46 heavy (non-hydrogen) atoms. The highest BCUT2D eigenvalue weighted by molar-refractivity contribution is 7.89. The van der Waals surface area contributed by atoms with Crippen LogP contribution in [0.1, 0.15) is 38.2 Å². The summed E-state index contributed by atoms with van der Waals surface area (Å²) in [4.78, 5) is 44.1. The van der Waals surface area contributed by atoms with Crippen LogP contribution in [0.25, 0.3) is 10.9 Å². The van der Waals surface area contributed by atoms with E-state index in [1.807, 2.05) is 4.90 Å². The number of nitrogens with one attached hydrogen (secondary N) is 2. The van der Waals surface area contributed by atoms with Crippen molar-refractivity contribution < 1.29 is 32.4 Å². The number of carbonyl (C=O) groups is 2. The molecule has 1 unspecified atom stereocenters. The zero-order chi connectivity index (χ0) is 33.0. The Morgan fingerprint density at radius 3 is 2.54 bits per heavy atom. The second-order valence-electron chi connectivity index (χ2n) is 11.2. The van der Waals surface area contributed by atoms with E-state index in [4.69, 9.17) is 9.47 Å². The highest BCUT2D eigenvalue weighted by atomic mass is 32.2. The monoisotopic (exact) mass is 649 g/mol. The molecule has 2 atom stereocenters. The zero-order valence-electron chi connectivity index (χ0n) is 25.7. The Balaban J connectivity index is 1.29. The Kier molecular flexibility index (Phi) is 9.79. The molecule has 2 aliphatic heterocycles. The summed E-state index contributed by atoms with van der Waals surface area (Å²) in [6.45, 7) is 4.96. The van der Waals surface area contributed by atoms with E-state index in [0.717, 1.165) is 11.8 Å². The number of allylic oxidation sites excluding steroid dienone is 2. The van der Waals surface area contributed by atoms with Gasteiger partial charge in [0.2, 0.25) is 10.0 Å². The van der Waals surface area contributed by atoms with E-state index in [0.29, 0.717) is 48.5 Å². The van der Waals surface area contributed by atoms with E-state index in [9.17, 15) is 28.1 Å². The number of piperidine rings is 1. The molecule has 0 spiro atoms. The van der Waals surface area contributed by atoms with Gasteiger partial charge in [-0.25, -0.2) is 22.7 Å². The molecule has 5 rings (SSSR count). The van der Waals surface area contributed by atoms with Crippen LogP contribution < -0.4 is 10.0 Å². The van der Waals surface area contributed by atoms with Crippen molar-refractivity contribution in [2.75, 3.05) is 33.3 Å². The number of hydrogen-bond acceptors (Lipinski definition) is 11. The predicted octanol–water partition coefficient (Wildman–Crippen LogP) is 3.54. The fraction of sp³-hybridized carbons (Fsp3) is 0.344. The second kappa shape index (κ2) is 13.8. The number of rotatable bonds is 10. The number of pyridine rings is 1. The first-order valence-electron chi connectivity index (χ1n) is 14.8. The number of nitrogens with zero attached hydrogens (tertiary/aromatic N) is 3. The first-order valence-corrected chi connectivity index (χ1v) is 16.3. The molecular weight excluding hydrogens is 614 g/mol. The summed E-state index contributed by atoms with van der Waals surface area (Å²) in [5.74, 6) is -2.30. The summed E-state index contributed by atoms with van der Waals surface area (Å²) in [6, 6.07) is 14.4. The molecule has 0 radical (unpaired) electrons. The minimum absolute atomic E-state index is 0.106. The Hall–Kier alpha value is -4.66. The Bertz CT molecular complexity index is 1850. The molecule has 1 aromatic heterocycles. The smallest absolute Gasteiger partial charge is 0.337 e. The van der Waals surface area contributed by atoms with Crippen LogP contribution in [0, 0.1) is 10.1 Å². The largest absolute Gasteiger partial charge is 0.466 e. The van der Waals surface area contributed by atoms with Crippen molar-refractivity contribution in [3.8, 4) is 0 Å². The summed E-state index contributed by atoms with van der Waals surface area (Å²) in [5, 5.41) is 15.3. The van der Waals surface area contributed by atoms with Crippen molar-refractivity contribution in [1.29, 1.82) is 0 Å². The number of sulfonamides is 1.